The molecule has 1 aromatic rings. The molecule has 2 rings (SSSR count). The number of nitrogen functional groups attached to an aromatic ring is 1. The summed E-state index contributed by atoms with van der Waals surface area (Å²) in [5.41, 5.74) is 7.42. The predicted octanol–water partition coefficient (Wildman–Crippen LogP) is 1.19. The van der Waals surface area contributed by atoms with Crippen LogP contribution in [-0.4, -0.2) is 23.7 Å². The molecule has 2 atom stereocenters. The average Bonchev–Trinajstić information content (AvgIpc) is 2.29. The number of carbonyl (C=O) groups is 1. The second kappa shape index (κ2) is 4.53. The molecule has 0 aromatic heterocycles. The van der Waals surface area contributed by atoms with Gasteiger partial charge in [-0.15, -0.1) is 0 Å². The highest BCUT2D eigenvalue weighted by molar-refractivity contribution is 5.75. The molecule has 0 radical (unpaired) electrons. The first-order chi connectivity index (χ1) is 7.68. The van der Waals surface area contributed by atoms with Gasteiger partial charge in [-0.05, 0) is 37.1 Å². The van der Waals surface area contributed by atoms with E-state index in [9.17, 15) is 4.79 Å². The molecule has 4 N–H and O–H groups in total. The highest BCUT2D eigenvalue weighted by Crippen LogP contribution is 2.29. The zero-order chi connectivity index (χ0) is 11.5. The van der Waals surface area contributed by atoms with Gasteiger partial charge >= 0.3 is 5.97 Å². The quantitative estimate of drug-likeness (QED) is 0.654. The molecule has 1 saturated heterocycles. The molecule has 0 aliphatic carbocycles. The van der Waals surface area contributed by atoms with Crippen molar-refractivity contribution in [3.05, 3.63) is 29.8 Å². The van der Waals surface area contributed by atoms with Crippen molar-refractivity contribution < 1.29 is 9.90 Å². The van der Waals surface area contributed by atoms with Crippen LogP contribution in [0.25, 0.3) is 0 Å². The second-order valence-corrected chi connectivity index (χ2v) is 4.19. The van der Waals surface area contributed by atoms with E-state index in [1.807, 2.05) is 24.3 Å². The van der Waals surface area contributed by atoms with Crippen molar-refractivity contribution in [2.24, 2.45) is 0 Å². The van der Waals surface area contributed by atoms with Gasteiger partial charge < -0.3 is 16.2 Å². The lowest BCUT2D eigenvalue weighted by Gasteiger charge is -2.30. The van der Waals surface area contributed by atoms with Crippen LogP contribution in [0.3, 0.4) is 0 Å². The number of hydrogen-bond donors (Lipinski definition) is 3. The van der Waals surface area contributed by atoms with Crippen LogP contribution in [0.5, 0.6) is 0 Å². The summed E-state index contributed by atoms with van der Waals surface area (Å²) in [7, 11) is 0. The van der Waals surface area contributed by atoms with E-state index in [0.29, 0.717) is 5.69 Å². The molecule has 0 bridgehead atoms. The maximum absolute atomic E-state index is 11.1. The monoisotopic (exact) mass is 220 g/mol. The van der Waals surface area contributed by atoms with E-state index in [-0.39, 0.29) is 5.92 Å². The van der Waals surface area contributed by atoms with Gasteiger partial charge in [0.15, 0.2) is 0 Å². The molecule has 16 heavy (non-hydrogen) atoms. The molecule has 0 saturated carbocycles. The number of benzene rings is 1. The zero-order valence-electron chi connectivity index (χ0n) is 9.02. The van der Waals surface area contributed by atoms with Gasteiger partial charge in [0.1, 0.15) is 6.04 Å². The number of hydrogen-bond acceptors (Lipinski definition) is 3. The van der Waals surface area contributed by atoms with Crippen molar-refractivity contribution in [1.29, 1.82) is 0 Å². The van der Waals surface area contributed by atoms with Crippen LogP contribution < -0.4 is 11.1 Å². The minimum absolute atomic E-state index is 0.0229. The third-order valence-corrected chi connectivity index (χ3v) is 3.06. The van der Waals surface area contributed by atoms with E-state index < -0.39 is 12.0 Å². The average molecular weight is 220 g/mol. The molecule has 2 unspecified atom stereocenters. The van der Waals surface area contributed by atoms with Crippen molar-refractivity contribution >= 4 is 11.7 Å². The van der Waals surface area contributed by atoms with Gasteiger partial charge in [0.2, 0.25) is 0 Å². The molecular formula is C12H16N2O2. The van der Waals surface area contributed by atoms with Crippen molar-refractivity contribution in [2.75, 3.05) is 12.3 Å². The summed E-state index contributed by atoms with van der Waals surface area (Å²) in [5.74, 6) is -0.762. The highest BCUT2D eigenvalue weighted by Gasteiger charge is 2.31. The van der Waals surface area contributed by atoms with Gasteiger partial charge in [-0.25, -0.2) is 0 Å². The fourth-order valence-corrected chi connectivity index (χ4v) is 2.30. The number of carboxylic acids is 1. The Kier molecular flexibility index (Phi) is 3.10. The van der Waals surface area contributed by atoms with E-state index in [1.54, 1.807) is 0 Å². The molecule has 1 aromatic carbocycles. The van der Waals surface area contributed by atoms with Crippen molar-refractivity contribution in [1.82, 2.24) is 5.32 Å². The lowest BCUT2D eigenvalue weighted by molar-refractivity contribution is -0.140. The molecule has 1 aliphatic heterocycles. The third-order valence-electron chi connectivity index (χ3n) is 3.06. The smallest absolute Gasteiger partial charge is 0.321 e. The maximum Gasteiger partial charge on any atom is 0.321 e. The summed E-state index contributed by atoms with van der Waals surface area (Å²) in [4.78, 5) is 11.1. The van der Waals surface area contributed by atoms with Gasteiger partial charge in [-0.2, -0.15) is 0 Å². The summed E-state index contributed by atoms with van der Waals surface area (Å²) in [6, 6.07) is 7.02. The molecule has 4 heteroatoms. The molecule has 86 valence electrons. The molecule has 1 heterocycles. The van der Waals surface area contributed by atoms with Crippen LogP contribution in [0.1, 0.15) is 24.3 Å². The minimum Gasteiger partial charge on any atom is -0.480 e. The Bertz CT molecular complexity index is 392. The number of nitrogens with one attached hydrogen (secondary N) is 1. The summed E-state index contributed by atoms with van der Waals surface area (Å²) in [6.45, 7) is 0.774. The summed E-state index contributed by atoms with van der Waals surface area (Å²) >= 11 is 0. The first kappa shape index (κ1) is 11.0. The van der Waals surface area contributed by atoms with Crippen LogP contribution in [0.15, 0.2) is 24.3 Å². The Morgan fingerprint density at radius 3 is 3.00 bits per heavy atom. The van der Waals surface area contributed by atoms with Crippen molar-refractivity contribution in [3.63, 3.8) is 0 Å². The Labute approximate surface area is 94.5 Å². The molecule has 0 amide bonds. The molecule has 1 aliphatic rings. The largest absolute Gasteiger partial charge is 0.480 e. The fourth-order valence-electron chi connectivity index (χ4n) is 2.30. The lowest BCUT2D eigenvalue weighted by Crippen LogP contribution is -2.45. The van der Waals surface area contributed by atoms with E-state index in [2.05, 4.69) is 5.32 Å². The number of piperidine rings is 1. The van der Waals surface area contributed by atoms with E-state index >= 15 is 0 Å². The van der Waals surface area contributed by atoms with Gasteiger partial charge in [0.25, 0.3) is 0 Å². The summed E-state index contributed by atoms with van der Waals surface area (Å²) in [6.07, 6.45) is 1.90. The fraction of sp³-hybridized carbons (Fsp3) is 0.417. The molecule has 0 spiro atoms. The SMILES string of the molecule is Nc1cccc(C2CCCNC2C(=O)O)c1. The number of nitrogens with two attached hydrogens (primary N) is 1. The van der Waals surface area contributed by atoms with Gasteiger partial charge in [0.05, 0.1) is 0 Å². The number of carboxylic acid groups (broad SMARTS) is 1. The Morgan fingerprint density at radius 1 is 1.50 bits per heavy atom. The maximum atomic E-state index is 11.1. The van der Waals surface area contributed by atoms with Crippen molar-refractivity contribution in [3.8, 4) is 0 Å². The standard InChI is InChI=1S/C12H16N2O2/c13-9-4-1-3-8(7-9)10-5-2-6-14-11(10)12(15)16/h1,3-4,7,10-11,14H,2,5-6,13H2,(H,15,16). The Hall–Kier alpha value is -1.55. The van der Waals surface area contributed by atoms with Crippen LogP contribution in [0.2, 0.25) is 0 Å². The van der Waals surface area contributed by atoms with Crippen molar-refractivity contribution in [2.45, 2.75) is 24.8 Å². The first-order valence-electron chi connectivity index (χ1n) is 5.50. The Morgan fingerprint density at radius 2 is 2.31 bits per heavy atom. The molecule has 1 fully saturated rings. The van der Waals surface area contributed by atoms with Gasteiger partial charge in [-0.1, -0.05) is 12.1 Å². The minimum atomic E-state index is -0.785. The van der Waals surface area contributed by atoms with Crippen LogP contribution in [-0.2, 0) is 4.79 Å². The zero-order valence-corrected chi connectivity index (χ0v) is 9.02. The van der Waals surface area contributed by atoms with Gasteiger partial charge in [0, 0.05) is 11.6 Å². The molecular weight excluding hydrogens is 204 g/mol. The predicted molar refractivity (Wildman–Crippen MR) is 62.3 cm³/mol. The normalized spacial score (nSPS) is 25.2. The third kappa shape index (κ3) is 2.17. The topological polar surface area (TPSA) is 75.3 Å². The summed E-state index contributed by atoms with van der Waals surface area (Å²) in [5, 5.41) is 12.2. The van der Waals surface area contributed by atoms with Crippen LogP contribution in [0.4, 0.5) is 5.69 Å². The summed E-state index contributed by atoms with van der Waals surface area (Å²) < 4.78 is 0. The first-order valence-corrected chi connectivity index (χ1v) is 5.50. The van der Waals surface area contributed by atoms with E-state index in [4.69, 9.17) is 10.8 Å². The Balaban J connectivity index is 2.26. The number of rotatable bonds is 2. The van der Waals surface area contributed by atoms with Gasteiger partial charge in [-0.3, -0.25) is 4.79 Å². The number of anilines is 1. The van der Waals surface area contributed by atoms with E-state index in [0.717, 1.165) is 24.9 Å². The van der Waals surface area contributed by atoms with Crippen LogP contribution >= 0.6 is 0 Å². The highest BCUT2D eigenvalue weighted by atomic mass is 16.4. The van der Waals surface area contributed by atoms with E-state index in [1.165, 1.54) is 0 Å². The lowest BCUT2D eigenvalue weighted by atomic mass is 9.84. The second-order valence-electron chi connectivity index (χ2n) is 4.19. The van der Waals surface area contributed by atoms with Crippen LogP contribution in [0, 0.1) is 0 Å². The number of aliphatic carboxylic acids is 1. The molecule has 4 nitrogen and oxygen atoms in total.